The second-order valence-electron chi connectivity index (χ2n) is 4.86. The lowest BCUT2D eigenvalue weighted by Crippen LogP contribution is -2.10. The van der Waals surface area contributed by atoms with Crippen LogP contribution in [-0.2, 0) is 0 Å². The Bertz CT molecular complexity index is 490. The van der Waals surface area contributed by atoms with E-state index in [9.17, 15) is 0 Å². The second kappa shape index (κ2) is 5.21. The zero-order valence-corrected chi connectivity index (χ0v) is 10.3. The van der Waals surface area contributed by atoms with Gasteiger partial charge in [-0.15, -0.1) is 10.2 Å². The summed E-state index contributed by atoms with van der Waals surface area (Å²) < 4.78 is 5.20. The normalized spacial score (nSPS) is 16.0. The van der Waals surface area contributed by atoms with Crippen LogP contribution in [0.2, 0.25) is 0 Å². The summed E-state index contributed by atoms with van der Waals surface area (Å²) in [4.78, 5) is 0. The molecule has 0 radical (unpaired) electrons. The number of hydrogen-bond donors (Lipinski definition) is 1. The Morgan fingerprint density at radius 1 is 1.28 bits per heavy atom. The topological polar surface area (TPSA) is 51.0 Å². The van der Waals surface area contributed by atoms with E-state index in [-0.39, 0.29) is 0 Å². The van der Waals surface area contributed by atoms with E-state index in [1.54, 1.807) is 0 Å². The molecular formula is C14H17N3O. The van der Waals surface area contributed by atoms with Crippen LogP contribution in [0.1, 0.15) is 25.7 Å². The number of aromatic nitrogens is 2. The summed E-state index contributed by atoms with van der Waals surface area (Å²) in [5.74, 6) is 1.40. The number of benzene rings is 1. The van der Waals surface area contributed by atoms with Crippen LogP contribution in [0.4, 0.5) is 5.69 Å². The van der Waals surface area contributed by atoms with Crippen molar-refractivity contribution < 1.29 is 4.42 Å². The Labute approximate surface area is 106 Å². The first-order valence-electron chi connectivity index (χ1n) is 6.52. The third-order valence-corrected chi connectivity index (χ3v) is 3.54. The first-order valence-corrected chi connectivity index (χ1v) is 6.52. The summed E-state index contributed by atoms with van der Waals surface area (Å²) in [5.41, 5.74) is 2.08. The van der Waals surface area contributed by atoms with Gasteiger partial charge in [-0.1, -0.05) is 18.9 Å². The Balaban J connectivity index is 1.67. The average molecular weight is 243 g/mol. The summed E-state index contributed by atoms with van der Waals surface area (Å²) in [7, 11) is 0. The number of hydrogen-bond acceptors (Lipinski definition) is 4. The highest BCUT2D eigenvalue weighted by atomic mass is 16.4. The minimum absolute atomic E-state index is 0.569. The van der Waals surface area contributed by atoms with E-state index in [2.05, 4.69) is 27.6 Å². The van der Waals surface area contributed by atoms with Crippen molar-refractivity contribution in [3.63, 3.8) is 0 Å². The lowest BCUT2D eigenvalue weighted by Gasteiger charge is -2.12. The van der Waals surface area contributed by atoms with Crippen molar-refractivity contribution in [2.45, 2.75) is 25.7 Å². The fourth-order valence-corrected chi connectivity index (χ4v) is 2.54. The van der Waals surface area contributed by atoms with Gasteiger partial charge in [0.15, 0.2) is 0 Å². The molecule has 0 atom stereocenters. The van der Waals surface area contributed by atoms with Gasteiger partial charge in [0, 0.05) is 17.8 Å². The molecule has 1 aromatic carbocycles. The first-order chi connectivity index (χ1) is 8.92. The number of rotatable bonds is 4. The van der Waals surface area contributed by atoms with Gasteiger partial charge in [0.25, 0.3) is 0 Å². The van der Waals surface area contributed by atoms with Crippen molar-refractivity contribution in [2.24, 2.45) is 5.92 Å². The molecule has 1 aliphatic rings. The van der Waals surface area contributed by atoms with Crippen molar-refractivity contribution in [1.29, 1.82) is 0 Å². The molecule has 3 rings (SSSR count). The highest BCUT2D eigenvalue weighted by molar-refractivity contribution is 5.60. The molecule has 0 amide bonds. The Kier molecular flexibility index (Phi) is 3.26. The van der Waals surface area contributed by atoms with Crippen molar-refractivity contribution in [3.8, 4) is 11.5 Å². The Morgan fingerprint density at radius 2 is 2.17 bits per heavy atom. The standard InChI is InChI=1S/C14H17N3O/c1-2-5-11(4-1)9-15-13-7-3-6-12(8-13)14-17-16-10-18-14/h3,6-8,10-11,15H,1-2,4-5,9H2. The third kappa shape index (κ3) is 2.53. The van der Waals surface area contributed by atoms with Gasteiger partial charge >= 0.3 is 0 Å². The smallest absolute Gasteiger partial charge is 0.247 e. The lowest BCUT2D eigenvalue weighted by molar-refractivity contribution is 0.568. The molecule has 4 nitrogen and oxygen atoms in total. The van der Waals surface area contributed by atoms with Crippen LogP contribution in [0, 0.1) is 5.92 Å². The molecule has 4 heteroatoms. The molecule has 1 heterocycles. The SMILES string of the molecule is c1cc(NCC2CCCC2)cc(-c2nnco2)c1. The zero-order valence-electron chi connectivity index (χ0n) is 10.3. The molecule has 0 saturated heterocycles. The van der Waals surface area contributed by atoms with Crippen molar-refractivity contribution in [1.82, 2.24) is 10.2 Å². The number of nitrogens with one attached hydrogen (secondary N) is 1. The van der Waals surface area contributed by atoms with Crippen molar-refractivity contribution in [2.75, 3.05) is 11.9 Å². The summed E-state index contributed by atoms with van der Waals surface area (Å²) in [6.07, 6.45) is 6.84. The molecule has 0 unspecified atom stereocenters. The Hall–Kier alpha value is -1.84. The van der Waals surface area contributed by atoms with E-state index in [1.165, 1.54) is 32.1 Å². The monoisotopic (exact) mass is 243 g/mol. The van der Waals surface area contributed by atoms with Crippen LogP contribution in [0.3, 0.4) is 0 Å². The summed E-state index contributed by atoms with van der Waals surface area (Å²) in [6, 6.07) is 8.13. The fourth-order valence-electron chi connectivity index (χ4n) is 2.54. The quantitative estimate of drug-likeness (QED) is 0.894. The van der Waals surface area contributed by atoms with Crippen molar-refractivity contribution in [3.05, 3.63) is 30.7 Å². The predicted octanol–water partition coefficient (Wildman–Crippen LogP) is 3.34. The largest absolute Gasteiger partial charge is 0.423 e. The maximum atomic E-state index is 5.20. The van der Waals surface area contributed by atoms with Gasteiger partial charge in [0.05, 0.1) is 0 Å². The van der Waals surface area contributed by atoms with Gasteiger partial charge in [-0.25, -0.2) is 0 Å². The Morgan fingerprint density at radius 3 is 2.94 bits per heavy atom. The summed E-state index contributed by atoms with van der Waals surface area (Å²) in [6.45, 7) is 1.06. The van der Waals surface area contributed by atoms with Crippen LogP contribution >= 0.6 is 0 Å². The minimum atomic E-state index is 0.569. The number of nitrogens with zero attached hydrogens (tertiary/aromatic N) is 2. The van der Waals surface area contributed by atoms with Gasteiger partial charge in [0.1, 0.15) is 0 Å². The summed E-state index contributed by atoms with van der Waals surface area (Å²) in [5, 5.41) is 11.1. The van der Waals surface area contributed by atoms with Crippen LogP contribution in [0.25, 0.3) is 11.5 Å². The van der Waals surface area contributed by atoms with Crippen LogP contribution in [0.5, 0.6) is 0 Å². The van der Waals surface area contributed by atoms with Gasteiger partial charge in [-0.3, -0.25) is 0 Å². The molecule has 0 bridgehead atoms. The molecule has 2 aromatic rings. The van der Waals surface area contributed by atoms with Gasteiger partial charge in [-0.05, 0) is 37.0 Å². The van der Waals surface area contributed by atoms with E-state index >= 15 is 0 Å². The molecule has 1 saturated carbocycles. The van der Waals surface area contributed by atoms with Gasteiger partial charge in [-0.2, -0.15) is 0 Å². The van der Waals surface area contributed by atoms with E-state index < -0.39 is 0 Å². The number of anilines is 1. The third-order valence-electron chi connectivity index (χ3n) is 3.54. The highest BCUT2D eigenvalue weighted by Gasteiger charge is 2.14. The van der Waals surface area contributed by atoms with Crippen LogP contribution in [-0.4, -0.2) is 16.7 Å². The highest BCUT2D eigenvalue weighted by Crippen LogP contribution is 2.26. The maximum absolute atomic E-state index is 5.20. The second-order valence-corrected chi connectivity index (χ2v) is 4.86. The molecular weight excluding hydrogens is 226 g/mol. The molecule has 1 N–H and O–H groups in total. The predicted molar refractivity (Wildman–Crippen MR) is 70.2 cm³/mol. The fraction of sp³-hybridized carbons (Fsp3) is 0.429. The van der Waals surface area contributed by atoms with Crippen molar-refractivity contribution >= 4 is 5.69 Å². The molecule has 0 aliphatic heterocycles. The maximum Gasteiger partial charge on any atom is 0.247 e. The van der Waals surface area contributed by atoms with Gasteiger partial charge in [0.2, 0.25) is 12.3 Å². The van der Waals surface area contributed by atoms with E-state index in [1.807, 2.05) is 12.1 Å². The van der Waals surface area contributed by atoms with E-state index in [0.717, 1.165) is 23.7 Å². The zero-order chi connectivity index (χ0) is 12.2. The molecule has 94 valence electrons. The molecule has 1 fully saturated rings. The lowest BCUT2D eigenvalue weighted by atomic mass is 10.1. The van der Waals surface area contributed by atoms with Crippen LogP contribution in [0.15, 0.2) is 35.1 Å². The average Bonchev–Trinajstić information content (AvgIpc) is 3.10. The molecule has 0 spiro atoms. The van der Waals surface area contributed by atoms with E-state index in [4.69, 9.17) is 4.42 Å². The van der Waals surface area contributed by atoms with Crippen LogP contribution < -0.4 is 5.32 Å². The first kappa shape index (κ1) is 11.3. The molecule has 1 aromatic heterocycles. The molecule has 18 heavy (non-hydrogen) atoms. The van der Waals surface area contributed by atoms with E-state index in [0.29, 0.717) is 5.89 Å². The minimum Gasteiger partial charge on any atom is -0.423 e. The molecule has 1 aliphatic carbocycles. The van der Waals surface area contributed by atoms with Gasteiger partial charge < -0.3 is 9.73 Å². The summed E-state index contributed by atoms with van der Waals surface area (Å²) >= 11 is 0.